The van der Waals surface area contributed by atoms with Crippen LogP contribution >= 0.6 is 0 Å². The van der Waals surface area contributed by atoms with Crippen molar-refractivity contribution in [2.24, 2.45) is 0 Å². The molecule has 0 spiro atoms. The van der Waals surface area contributed by atoms with Crippen molar-refractivity contribution in [2.75, 3.05) is 0 Å². The number of hydrogen-bond donors (Lipinski definition) is 2. The lowest BCUT2D eigenvalue weighted by atomic mass is 10.2. The third kappa shape index (κ3) is 4.93. The van der Waals surface area contributed by atoms with Crippen LogP contribution in [0.3, 0.4) is 0 Å². The van der Waals surface area contributed by atoms with Crippen LogP contribution in [0, 0.1) is 0 Å². The zero-order valence-corrected chi connectivity index (χ0v) is 14.1. The van der Waals surface area contributed by atoms with E-state index < -0.39 is 11.1 Å². The summed E-state index contributed by atoms with van der Waals surface area (Å²) < 4.78 is 26.8. The molecule has 25 heavy (non-hydrogen) atoms. The van der Waals surface area contributed by atoms with E-state index in [2.05, 4.69) is 15.3 Å². The summed E-state index contributed by atoms with van der Waals surface area (Å²) in [6.45, 7) is 1.04. The van der Waals surface area contributed by atoms with E-state index in [0.717, 1.165) is 5.56 Å². The Hall–Kier alpha value is -2.61. The summed E-state index contributed by atoms with van der Waals surface area (Å²) >= 11 is -2.06. The first kappa shape index (κ1) is 17.2. The van der Waals surface area contributed by atoms with Crippen molar-refractivity contribution in [1.29, 1.82) is 0 Å². The van der Waals surface area contributed by atoms with Crippen LogP contribution in [0.15, 0.2) is 72.1 Å². The Bertz CT molecular complexity index is 845. The van der Waals surface area contributed by atoms with E-state index >= 15 is 0 Å². The number of benzene rings is 1. The highest BCUT2D eigenvalue weighted by atomic mass is 32.2. The first-order chi connectivity index (χ1) is 12.2. The molecule has 0 amide bonds. The maximum atomic E-state index is 11.5. The molecule has 0 fully saturated rings. The van der Waals surface area contributed by atoms with E-state index in [0.29, 0.717) is 35.0 Å². The second-order valence-electron chi connectivity index (χ2n) is 5.27. The molecule has 3 rings (SSSR count). The topological polar surface area (TPSA) is 84.3 Å². The van der Waals surface area contributed by atoms with Gasteiger partial charge in [-0.2, -0.15) is 0 Å². The summed E-state index contributed by atoms with van der Waals surface area (Å²) in [4.78, 5) is 8.42. The molecule has 3 aromatic rings. The standard InChI is InChI=1S/C18H17N3O3S/c22-25(23)18-6-5-16(24-17-4-2-8-20-13-17)9-15(18)12-21-11-14-3-1-7-19-10-14/h1-10,13,21H,11-12H2,(H,22,23). The Morgan fingerprint density at radius 3 is 2.48 bits per heavy atom. The predicted molar refractivity (Wildman–Crippen MR) is 94.6 cm³/mol. The van der Waals surface area contributed by atoms with Crippen molar-refractivity contribution in [1.82, 2.24) is 15.3 Å². The van der Waals surface area contributed by atoms with Gasteiger partial charge in [0.05, 0.1) is 11.1 Å². The molecule has 2 N–H and O–H groups in total. The third-order valence-corrected chi connectivity index (χ3v) is 4.23. The number of rotatable bonds is 7. The monoisotopic (exact) mass is 355 g/mol. The summed E-state index contributed by atoms with van der Waals surface area (Å²) in [5, 5.41) is 3.25. The number of aromatic nitrogens is 2. The number of hydrogen-bond acceptors (Lipinski definition) is 5. The quantitative estimate of drug-likeness (QED) is 0.634. The second-order valence-corrected chi connectivity index (χ2v) is 6.21. The number of pyridine rings is 2. The Kier molecular flexibility index (Phi) is 5.84. The molecule has 0 saturated carbocycles. The van der Waals surface area contributed by atoms with Gasteiger partial charge in [-0.3, -0.25) is 9.97 Å². The molecule has 7 heteroatoms. The SMILES string of the molecule is O=S(O)c1ccc(Oc2cccnc2)cc1CNCc1cccnc1. The van der Waals surface area contributed by atoms with Gasteiger partial charge in [-0.1, -0.05) is 6.07 Å². The first-order valence-corrected chi connectivity index (χ1v) is 8.74. The largest absolute Gasteiger partial charge is 0.456 e. The highest BCUT2D eigenvalue weighted by molar-refractivity contribution is 7.79. The molecule has 0 aliphatic rings. The average Bonchev–Trinajstić information content (AvgIpc) is 2.63. The van der Waals surface area contributed by atoms with Gasteiger partial charge in [0.25, 0.3) is 0 Å². The van der Waals surface area contributed by atoms with Crippen LogP contribution in [-0.4, -0.2) is 18.7 Å². The van der Waals surface area contributed by atoms with E-state index in [4.69, 9.17) is 4.74 Å². The summed E-state index contributed by atoms with van der Waals surface area (Å²) in [6, 6.07) is 12.4. The number of ether oxygens (including phenoxy) is 1. The van der Waals surface area contributed by atoms with Crippen molar-refractivity contribution < 1.29 is 13.5 Å². The van der Waals surface area contributed by atoms with E-state index in [1.807, 2.05) is 12.1 Å². The van der Waals surface area contributed by atoms with Gasteiger partial charge in [0.15, 0.2) is 11.1 Å². The molecular weight excluding hydrogens is 338 g/mol. The molecule has 0 aliphatic carbocycles. The van der Waals surface area contributed by atoms with Crippen molar-refractivity contribution >= 4 is 11.1 Å². The van der Waals surface area contributed by atoms with Gasteiger partial charge in [0, 0.05) is 31.7 Å². The van der Waals surface area contributed by atoms with Gasteiger partial charge in [-0.15, -0.1) is 0 Å². The highest BCUT2D eigenvalue weighted by Crippen LogP contribution is 2.25. The minimum absolute atomic E-state index is 0.359. The number of nitrogens with zero attached hydrogens (tertiary/aromatic N) is 2. The molecule has 0 saturated heterocycles. The lowest BCUT2D eigenvalue weighted by Crippen LogP contribution is -2.14. The minimum atomic E-state index is -2.06. The fourth-order valence-electron chi connectivity index (χ4n) is 2.32. The van der Waals surface area contributed by atoms with Crippen LogP contribution in [0.4, 0.5) is 0 Å². The molecule has 0 aliphatic heterocycles. The minimum Gasteiger partial charge on any atom is -0.456 e. The van der Waals surface area contributed by atoms with Crippen LogP contribution in [0.5, 0.6) is 11.5 Å². The van der Waals surface area contributed by atoms with Crippen molar-refractivity contribution in [3.63, 3.8) is 0 Å². The maximum absolute atomic E-state index is 11.5. The number of nitrogens with one attached hydrogen (secondary N) is 1. The lowest BCUT2D eigenvalue weighted by molar-refractivity contribution is 0.478. The summed E-state index contributed by atoms with van der Waals surface area (Å²) in [5.41, 5.74) is 1.74. The maximum Gasteiger partial charge on any atom is 0.186 e. The van der Waals surface area contributed by atoms with Crippen molar-refractivity contribution in [2.45, 2.75) is 18.0 Å². The van der Waals surface area contributed by atoms with Crippen LogP contribution < -0.4 is 10.1 Å². The van der Waals surface area contributed by atoms with Gasteiger partial charge in [0.2, 0.25) is 0 Å². The summed E-state index contributed by atoms with van der Waals surface area (Å²) in [6.07, 6.45) is 6.77. The van der Waals surface area contributed by atoms with Crippen LogP contribution in [-0.2, 0) is 24.2 Å². The molecule has 128 valence electrons. The molecular formula is C18H17N3O3S. The first-order valence-electron chi connectivity index (χ1n) is 7.63. The average molecular weight is 355 g/mol. The van der Waals surface area contributed by atoms with Gasteiger partial charge in [-0.05, 0) is 47.5 Å². The molecule has 1 atom stereocenters. The second kappa shape index (κ2) is 8.48. The summed E-state index contributed by atoms with van der Waals surface area (Å²) in [7, 11) is 0. The molecule has 1 aromatic carbocycles. The molecule has 6 nitrogen and oxygen atoms in total. The van der Waals surface area contributed by atoms with E-state index in [-0.39, 0.29) is 0 Å². The smallest absolute Gasteiger partial charge is 0.186 e. The Morgan fingerprint density at radius 1 is 1.00 bits per heavy atom. The Morgan fingerprint density at radius 2 is 1.80 bits per heavy atom. The fraction of sp³-hybridized carbons (Fsp3) is 0.111. The molecule has 0 bridgehead atoms. The molecule has 2 heterocycles. The Balaban J connectivity index is 1.73. The van der Waals surface area contributed by atoms with E-state index in [1.165, 1.54) is 0 Å². The van der Waals surface area contributed by atoms with Crippen LogP contribution in [0.1, 0.15) is 11.1 Å². The third-order valence-electron chi connectivity index (χ3n) is 3.46. The highest BCUT2D eigenvalue weighted by Gasteiger charge is 2.10. The molecule has 0 radical (unpaired) electrons. The summed E-state index contributed by atoms with van der Waals surface area (Å²) in [5.74, 6) is 1.19. The molecule has 2 aromatic heterocycles. The van der Waals surface area contributed by atoms with E-state index in [1.54, 1.807) is 55.1 Å². The zero-order chi connectivity index (χ0) is 17.5. The zero-order valence-electron chi connectivity index (χ0n) is 13.3. The molecule has 1 unspecified atom stereocenters. The Labute approximate surface area is 148 Å². The van der Waals surface area contributed by atoms with Crippen LogP contribution in [0.25, 0.3) is 0 Å². The van der Waals surface area contributed by atoms with Gasteiger partial charge in [-0.25, -0.2) is 4.21 Å². The predicted octanol–water partition coefficient (Wildman–Crippen LogP) is 3.14. The van der Waals surface area contributed by atoms with Gasteiger partial charge < -0.3 is 14.6 Å². The fourth-order valence-corrected chi connectivity index (χ4v) is 2.86. The lowest BCUT2D eigenvalue weighted by Gasteiger charge is -2.11. The van der Waals surface area contributed by atoms with E-state index in [9.17, 15) is 8.76 Å². The van der Waals surface area contributed by atoms with Crippen molar-refractivity contribution in [3.8, 4) is 11.5 Å². The van der Waals surface area contributed by atoms with Crippen molar-refractivity contribution in [3.05, 3.63) is 78.4 Å². The van der Waals surface area contributed by atoms with Crippen LogP contribution in [0.2, 0.25) is 0 Å². The van der Waals surface area contributed by atoms with Gasteiger partial charge in [0.1, 0.15) is 11.5 Å². The normalized spacial score (nSPS) is 11.9. The van der Waals surface area contributed by atoms with Gasteiger partial charge >= 0.3 is 0 Å².